The molecule has 1 aliphatic rings. The zero-order valence-electron chi connectivity index (χ0n) is 18.1. The summed E-state index contributed by atoms with van der Waals surface area (Å²) in [5, 5.41) is 13.1. The van der Waals surface area contributed by atoms with E-state index in [-0.39, 0.29) is 24.5 Å². The van der Waals surface area contributed by atoms with Crippen LogP contribution in [-0.4, -0.2) is 37.7 Å². The van der Waals surface area contributed by atoms with Gasteiger partial charge in [-0.05, 0) is 60.7 Å². The number of benzene rings is 2. The van der Waals surface area contributed by atoms with Crippen molar-refractivity contribution in [3.05, 3.63) is 64.5 Å². The minimum Gasteiger partial charge on any atom is -0.487 e. The van der Waals surface area contributed by atoms with Gasteiger partial charge in [0.1, 0.15) is 11.9 Å². The number of esters is 1. The summed E-state index contributed by atoms with van der Waals surface area (Å²) in [5.41, 5.74) is 7.12. The zero-order chi connectivity index (χ0) is 22.5. The summed E-state index contributed by atoms with van der Waals surface area (Å²) in [6.07, 6.45) is 0.437. The minimum atomic E-state index is -0.423. The first-order valence-electron chi connectivity index (χ1n) is 10.5. The van der Waals surface area contributed by atoms with Crippen LogP contribution in [0, 0.1) is 11.3 Å². The fraction of sp³-hybridized carbons (Fsp3) is 0.292. The second kappa shape index (κ2) is 11.0. The third kappa shape index (κ3) is 5.95. The van der Waals surface area contributed by atoms with Gasteiger partial charge in [-0.2, -0.15) is 5.26 Å². The minimum absolute atomic E-state index is 0. The van der Waals surface area contributed by atoms with E-state index in [1.807, 2.05) is 55.5 Å². The number of carbonyl (C=O) groups excluding carboxylic acids is 1. The topological polar surface area (TPSA) is 110 Å². The summed E-state index contributed by atoms with van der Waals surface area (Å²) in [5.74, 6) is 0.471. The maximum absolute atomic E-state index is 12.8. The van der Waals surface area contributed by atoms with Crippen molar-refractivity contribution in [1.29, 1.82) is 5.26 Å². The number of fused-ring (bicyclic) bond motifs is 1. The molecule has 2 heterocycles. The molecule has 2 unspecified atom stereocenters. The van der Waals surface area contributed by atoms with Crippen LogP contribution in [-0.2, 0) is 16.0 Å². The second-order valence-electron chi connectivity index (χ2n) is 7.50. The molecule has 0 aliphatic carbocycles. The van der Waals surface area contributed by atoms with Crippen LogP contribution in [0.4, 0.5) is 0 Å². The zero-order valence-corrected chi connectivity index (χ0v) is 19.7. The van der Waals surface area contributed by atoms with Crippen LogP contribution in [0.25, 0.3) is 10.1 Å². The fourth-order valence-corrected chi connectivity index (χ4v) is 4.73. The van der Waals surface area contributed by atoms with Crippen molar-refractivity contribution in [3.8, 4) is 11.8 Å². The number of nitriles is 1. The molecule has 9 heteroatoms. The van der Waals surface area contributed by atoms with Gasteiger partial charge in [0.25, 0.3) is 0 Å². The molecule has 0 spiro atoms. The standard InChI is InChI=1S/C24H24N4O3S.ClH/c1-2-30-23(29)21(11-20-10-17-9-15(12-25)3-8-22(17)32-20)16-4-6-18(7-5-16)31-19-13-27-24(26)28-14-19;/h3-10,19,21H,2,11,13-14H2,1H3,(H3,26,27,28);1H. The molecule has 3 aromatic rings. The number of nitrogens with one attached hydrogen (secondary N) is 1. The first-order chi connectivity index (χ1) is 15.6. The SMILES string of the molecule is CCOC(=O)C(Cc1cc2cc(C#N)ccc2s1)c1ccc(OC2CN=C(N)NC2)cc1.Cl. The fourth-order valence-electron chi connectivity index (χ4n) is 3.64. The number of ether oxygens (including phenoxy) is 2. The van der Waals surface area contributed by atoms with E-state index in [0.29, 0.717) is 43.4 Å². The molecule has 3 N–H and O–H groups in total. The Kier molecular flexibility index (Phi) is 8.15. The number of rotatable bonds is 7. The van der Waals surface area contributed by atoms with Crippen LogP contribution in [0.1, 0.15) is 28.8 Å². The van der Waals surface area contributed by atoms with Crippen LogP contribution in [0.5, 0.6) is 5.75 Å². The van der Waals surface area contributed by atoms with E-state index in [0.717, 1.165) is 20.5 Å². The number of hydrogen-bond donors (Lipinski definition) is 2. The quantitative estimate of drug-likeness (QED) is 0.494. The maximum Gasteiger partial charge on any atom is 0.313 e. The normalized spacial score (nSPS) is 16.0. The first-order valence-corrected chi connectivity index (χ1v) is 11.3. The van der Waals surface area contributed by atoms with Gasteiger partial charge in [0.15, 0.2) is 5.96 Å². The lowest BCUT2D eigenvalue weighted by molar-refractivity contribution is -0.144. The van der Waals surface area contributed by atoms with Crippen molar-refractivity contribution in [2.45, 2.75) is 25.4 Å². The Balaban J connectivity index is 0.00000306. The highest BCUT2D eigenvalue weighted by Gasteiger charge is 2.24. The van der Waals surface area contributed by atoms with Gasteiger partial charge in [-0.3, -0.25) is 4.79 Å². The number of halogens is 1. The molecule has 2 aromatic carbocycles. The lowest BCUT2D eigenvalue weighted by atomic mass is 9.94. The van der Waals surface area contributed by atoms with E-state index in [4.69, 9.17) is 20.5 Å². The van der Waals surface area contributed by atoms with Gasteiger partial charge in [-0.25, -0.2) is 4.99 Å². The van der Waals surface area contributed by atoms with E-state index in [1.54, 1.807) is 11.3 Å². The summed E-state index contributed by atoms with van der Waals surface area (Å²) >= 11 is 1.63. The molecule has 1 aromatic heterocycles. The van der Waals surface area contributed by atoms with E-state index in [2.05, 4.69) is 16.4 Å². The van der Waals surface area contributed by atoms with E-state index in [9.17, 15) is 4.79 Å². The van der Waals surface area contributed by atoms with Gasteiger partial charge < -0.3 is 20.5 Å². The molecular weight excluding hydrogens is 460 g/mol. The Morgan fingerprint density at radius 2 is 2.09 bits per heavy atom. The van der Waals surface area contributed by atoms with Gasteiger partial charge in [0.2, 0.25) is 0 Å². The number of thiophene rings is 1. The lowest BCUT2D eigenvalue weighted by Crippen LogP contribution is -2.45. The Morgan fingerprint density at radius 1 is 1.30 bits per heavy atom. The third-order valence-corrected chi connectivity index (χ3v) is 6.37. The summed E-state index contributed by atoms with van der Waals surface area (Å²) < 4.78 is 12.4. The summed E-state index contributed by atoms with van der Waals surface area (Å²) in [6.45, 7) is 3.24. The Bertz CT molecular complexity index is 1190. The van der Waals surface area contributed by atoms with E-state index < -0.39 is 5.92 Å². The number of hydrogen-bond acceptors (Lipinski definition) is 8. The largest absolute Gasteiger partial charge is 0.487 e. The first kappa shape index (κ1) is 24.4. The Labute approximate surface area is 202 Å². The highest BCUT2D eigenvalue weighted by molar-refractivity contribution is 7.19. The van der Waals surface area contributed by atoms with Crippen molar-refractivity contribution < 1.29 is 14.3 Å². The molecule has 0 fully saturated rings. The Morgan fingerprint density at radius 3 is 2.76 bits per heavy atom. The third-order valence-electron chi connectivity index (χ3n) is 5.23. The molecule has 0 saturated carbocycles. The number of aliphatic imine (C=N–C) groups is 1. The van der Waals surface area contributed by atoms with Crippen LogP contribution in [0.2, 0.25) is 0 Å². The van der Waals surface area contributed by atoms with Gasteiger partial charge in [0.05, 0.1) is 37.2 Å². The molecule has 0 bridgehead atoms. The average Bonchev–Trinajstić information content (AvgIpc) is 3.21. The maximum atomic E-state index is 12.8. The highest BCUT2D eigenvalue weighted by atomic mass is 35.5. The highest BCUT2D eigenvalue weighted by Crippen LogP contribution is 2.32. The number of nitrogens with zero attached hydrogens (tertiary/aromatic N) is 2. The van der Waals surface area contributed by atoms with Crippen molar-refractivity contribution >= 4 is 45.8 Å². The monoisotopic (exact) mass is 484 g/mol. The number of nitrogens with two attached hydrogens (primary N) is 1. The lowest BCUT2D eigenvalue weighted by Gasteiger charge is -2.22. The van der Waals surface area contributed by atoms with E-state index in [1.165, 1.54) is 0 Å². The summed E-state index contributed by atoms with van der Waals surface area (Å²) in [4.78, 5) is 18.0. The van der Waals surface area contributed by atoms with Crippen LogP contribution < -0.4 is 15.8 Å². The van der Waals surface area contributed by atoms with Gasteiger partial charge >= 0.3 is 5.97 Å². The second-order valence-corrected chi connectivity index (χ2v) is 8.67. The number of carbonyl (C=O) groups is 1. The molecule has 7 nitrogen and oxygen atoms in total. The van der Waals surface area contributed by atoms with Gasteiger partial charge in [-0.15, -0.1) is 23.7 Å². The summed E-state index contributed by atoms with van der Waals surface area (Å²) in [7, 11) is 0. The molecule has 0 amide bonds. The molecule has 172 valence electrons. The van der Waals surface area contributed by atoms with Crippen LogP contribution >= 0.6 is 23.7 Å². The van der Waals surface area contributed by atoms with Crippen molar-refractivity contribution in [2.24, 2.45) is 10.7 Å². The summed E-state index contributed by atoms with van der Waals surface area (Å²) in [6, 6.07) is 17.4. The molecule has 2 atom stereocenters. The average molecular weight is 485 g/mol. The predicted octanol–water partition coefficient (Wildman–Crippen LogP) is 3.75. The predicted molar refractivity (Wildman–Crippen MR) is 132 cm³/mol. The van der Waals surface area contributed by atoms with Crippen molar-refractivity contribution in [1.82, 2.24) is 5.32 Å². The molecule has 4 rings (SSSR count). The van der Waals surface area contributed by atoms with Crippen LogP contribution in [0.3, 0.4) is 0 Å². The van der Waals surface area contributed by atoms with E-state index >= 15 is 0 Å². The molecular formula is C24H25ClN4O3S. The Hall–Kier alpha value is -3.28. The smallest absolute Gasteiger partial charge is 0.313 e. The number of guanidine groups is 1. The molecule has 0 saturated heterocycles. The van der Waals surface area contributed by atoms with Gasteiger partial charge in [0, 0.05) is 9.58 Å². The van der Waals surface area contributed by atoms with Crippen molar-refractivity contribution in [2.75, 3.05) is 19.7 Å². The molecule has 1 aliphatic heterocycles. The van der Waals surface area contributed by atoms with Crippen molar-refractivity contribution in [3.63, 3.8) is 0 Å². The molecule has 0 radical (unpaired) electrons. The van der Waals surface area contributed by atoms with Crippen LogP contribution in [0.15, 0.2) is 53.5 Å². The molecule has 33 heavy (non-hydrogen) atoms. The van der Waals surface area contributed by atoms with Gasteiger partial charge in [-0.1, -0.05) is 12.1 Å².